The van der Waals surface area contributed by atoms with Crippen molar-refractivity contribution >= 4 is 18.4 Å². The molecule has 0 aliphatic heterocycles. The number of hydrogen-bond donors (Lipinski definition) is 2. The lowest BCUT2D eigenvalue weighted by molar-refractivity contribution is -0.143. The first kappa shape index (κ1) is 15.7. The lowest BCUT2D eigenvalue weighted by atomic mass is 10.0. The summed E-state index contributed by atoms with van der Waals surface area (Å²) in [5.41, 5.74) is 5.87. The largest absolute Gasteiger partial charge is 0.505 e. The smallest absolute Gasteiger partial charge is 0.307 e. The highest BCUT2D eigenvalue weighted by Gasteiger charge is 2.17. The zero-order chi connectivity index (χ0) is 12.1. The van der Waals surface area contributed by atoms with Gasteiger partial charge in [0.25, 0.3) is 0 Å². The van der Waals surface area contributed by atoms with E-state index in [1.807, 2.05) is 0 Å². The van der Waals surface area contributed by atoms with Gasteiger partial charge in [0.05, 0.1) is 13.0 Å². The average Bonchev–Trinajstić information content (AvgIpc) is 2.22. The maximum Gasteiger partial charge on any atom is 0.307 e. The minimum absolute atomic E-state index is 0. The van der Waals surface area contributed by atoms with Crippen LogP contribution in [0, 0.1) is 5.82 Å². The third kappa shape index (κ3) is 4.20. The molecule has 0 fully saturated rings. The molecular weight excluding hydrogens is 249 g/mol. The second-order valence-electron chi connectivity index (χ2n) is 3.29. The third-order valence-electron chi connectivity index (χ3n) is 2.11. The second-order valence-corrected chi connectivity index (χ2v) is 3.29. The Morgan fingerprint density at radius 1 is 1.59 bits per heavy atom. The van der Waals surface area contributed by atoms with E-state index in [4.69, 9.17) is 10.5 Å². The Hall–Kier alpha value is -1.33. The predicted octanol–water partition coefficient (Wildman–Crippen LogP) is 1.91. The number of para-hydroxylation sites is 1. The van der Waals surface area contributed by atoms with Crippen molar-refractivity contribution in [2.24, 2.45) is 5.73 Å². The Morgan fingerprint density at radius 2 is 2.24 bits per heavy atom. The SMILES string of the molecule is CCOC(=O)C[C@H](N)c1cccc(F)c1O.Cl. The molecule has 1 atom stereocenters. The predicted molar refractivity (Wildman–Crippen MR) is 63.5 cm³/mol. The van der Waals surface area contributed by atoms with Gasteiger partial charge in [0.15, 0.2) is 11.6 Å². The molecule has 96 valence electrons. The molecule has 1 aromatic rings. The first-order valence-corrected chi connectivity index (χ1v) is 4.94. The van der Waals surface area contributed by atoms with Crippen LogP contribution in [0.3, 0.4) is 0 Å². The van der Waals surface area contributed by atoms with E-state index in [2.05, 4.69) is 0 Å². The molecule has 0 bridgehead atoms. The zero-order valence-corrected chi connectivity index (χ0v) is 10.2. The van der Waals surface area contributed by atoms with Crippen LogP contribution in [0.15, 0.2) is 18.2 Å². The van der Waals surface area contributed by atoms with E-state index in [1.165, 1.54) is 12.1 Å². The zero-order valence-electron chi connectivity index (χ0n) is 9.35. The summed E-state index contributed by atoms with van der Waals surface area (Å²) in [6.07, 6.45) is -0.0924. The number of phenolic OH excluding ortho intramolecular Hbond substituents is 1. The molecule has 0 heterocycles. The Balaban J connectivity index is 0.00000256. The van der Waals surface area contributed by atoms with Gasteiger partial charge in [-0.15, -0.1) is 12.4 Å². The summed E-state index contributed by atoms with van der Waals surface area (Å²) in [4.78, 5) is 11.1. The summed E-state index contributed by atoms with van der Waals surface area (Å²) in [5, 5.41) is 9.40. The van der Waals surface area contributed by atoms with Crippen LogP contribution in [0.5, 0.6) is 5.75 Å². The molecule has 0 radical (unpaired) electrons. The van der Waals surface area contributed by atoms with Gasteiger partial charge >= 0.3 is 5.97 Å². The Morgan fingerprint density at radius 3 is 2.82 bits per heavy atom. The summed E-state index contributed by atoms with van der Waals surface area (Å²) in [6, 6.07) is 3.25. The van der Waals surface area contributed by atoms with Gasteiger partial charge in [-0.2, -0.15) is 0 Å². The first-order valence-electron chi connectivity index (χ1n) is 4.94. The number of ether oxygens (including phenoxy) is 1. The van der Waals surface area contributed by atoms with Crippen molar-refractivity contribution in [1.29, 1.82) is 0 Å². The van der Waals surface area contributed by atoms with Gasteiger partial charge in [0.2, 0.25) is 0 Å². The Kier molecular flexibility index (Phi) is 6.53. The molecule has 0 spiro atoms. The molecular formula is C11H15ClFNO3. The van der Waals surface area contributed by atoms with Crippen molar-refractivity contribution in [1.82, 2.24) is 0 Å². The maximum atomic E-state index is 13.0. The molecule has 0 amide bonds. The summed E-state index contributed by atoms with van der Waals surface area (Å²) in [6.45, 7) is 1.95. The van der Waals surface area contributed by atoms with E-state index in [1.54, 1.807) is 6.92 Å². The Bertz CT molecular complexity index is 387. The van der Waals surface area contributed by atoms with Crippen LogP contribution in [0.1, 0.15) is 24.9 Å². The van der Waals surface area contributed by atoms with Gasteiger partial charge in [-0.25, -0.2) is 4.39 Å². The van der Waals surface area contributed by atoms with Crippen molar-refractivity contribution in [3.05, 3.63) is 29.6 Å². The van der Waals surface area contributed by atoms with Crippen molar-refractivity contribution < 1.29 is 19.0 Å². The molecule has 0 aliphatic carbocycles. The van der Waals surface area contributed by atoms with Gasteiger partial charge in [0.1, 0.15) is 0 Å². The van der Waals surface area contributed by atoms with Crippen molar-refractivity contribution in [3.63, 3.8) is 0 Å². The number of hydrogen-bond acceptors (Lipinski definition) is 4. The number of halogens is 2. The number of aromatic hydroxyl groups is 1. The maximum absolute atomic E-state index is 13.0. The number of carbonyl (C=O) groups is 1. The third-order valence-corrected chi connectivity index (χ3v) is 2.11. The van der Waals surface area contributed by atoms with E-state index in [0.717, 1.165) is 6.07 Å². The molecule has 0 aromatic heterocycles. The fourth-order valence-corrected chi connectivity index (χ4v) is 1.34. The van der Waals surface area contributed by atoms with Gasteiger partial charge < -0.3 is 15.6 Å². The number of carbonyl (C=O) groups excluding carboxylic acids is 1. The molecule has 0 saturated heterocycles. The lowest BCUT2D eigenvalue weighted by Gasteiger charge is -2.12. The molecule has 3 N–H and O–H groups in total. The van der Waals surface area contributed by atoms with Gasteiger partial charge in [-0.05, 0) is 13.0 Å². The second kappa shape index (κ2) is 7.09. The quantitative estimate of drug-likeness (QED) is 0.814. The van der Waals surface area contributed by atoms with Crippen LogP contribution in [-0.4, -0.2) is 17.7 Å². The van der Waals surface area contributed by atoms with Crippen LogP contribution in [0.2, 0.25) is 0 Å². The fraction of sp³-hybridized carbons (Fsp3) is 0.364. The number of nitrogens with two attached hydrogens (primary N) is 1. The highest BCUT2D eigenvalue weighted by Crippen LogP contribution is 2.27. The minimum atomic E-state index is -0.769. The topological polar surface area (TPSA) is 72.5 Å². The van der Waals surface area contributed by atoms with Crippen LogP contribution in [-0.2, 0) is 9.53 Å². The number of phenols is 1. The minimum Gasteiger partial charge on any atom is -0.505 e. The van der Waals surface area contributed by atoms with E-state index in [-0.39, 0.29) is 31.0 Å². The van der Waals surface area contributed by atoms with Gasteiger partial charge in [-0.3, -0.25) is 4.79 Å². The molecule has 0 unspecified atom stereocenters. The van der Waals surface area contributed by atoms with E-state index >= 15 is 0 Å². The van der Waals surface area contributed by atoms with Crippen LogP contribution < -0.4 is 5.73 Å². The van der Waals surface area contributed by atoms with Crippen LogP contribution >= 0.6 is 12.4 Å². The standard InChI is InChI=1S/C11H14FNO3.ClH/c1-2-16-10(14)6-9(13)7-4-3-5-8(12)11(7)15;/h3-5,9,15H,2,6,13H2,1H3;1H/t9-;/m0./s1. The highest BCUT2D eigenvalue weighted by atomic mass is 35.5. The monoisotopic (exact) mass is 263 g/mol. The van der Waals surface area contributed by atoms with E-state index < -0.39 is 23.6 Å². The molecule has 17 heavy (non-hydrogen) atoms. The van der Waals surface area contributed by atoms with E-state index in [9.17, 15) is 14.3 Å². The van der Waals surface area contributed by atoms with Crippen molar-refractivity contribution in [2.45, 2.75) is 19.4 Å². The molecule has 0 aliphatic rings. The first-order chi connectivity index (χ1) is 7.56. The number of rotatable bonds is 4. The van der Waals surface area contributed by atoms with Crippen molar-refractivity contribution in [2.75, 3.05) is 6.61 Å². The number of benzene rings is 1. The van der Waals surface area contributed by atoms with Gasteiger partial charge in [0, 0.05) is 11.6 Å². The van der Waals surface area contributed by atoms with Crippen LogP contribution in [0.4, 0.5) is 4.39 Å². The molecule has 1 aromatic carbocycles. The highest BCUT2D eigenvalue weighted by molar-refractivity contribution is 5.85. The number of esters is 1. The van der Waals surface area contributed by atoms with Gasteiger partial charge in [-0.1, -0.05) is 12.1 Å². The summed E-state index contributed by atoms with van der Waals surface area (Å²) in [7, 11) is 0. The molecule has 0 saturated carbocycles. The summed E-state index contributed by atoms with van der Waals surface area (Å²) in [5.74, 6) is -1.74. The fourth-order valence-electron chi connectivity index (χ4n) is 1.34. The summed E-state index contributed by atoms with van der Waals surface area (Å²) < 4.78 is 17.7. The van der Waals surface area contributed by atoms with E-state index in [0.29, 0.717) is 0 Å². The average molecular weight is 264 g/mol. The molecule has 1 rings (SSSR count). The van der Waals surface area contributed by atoms with Crippen molar-refractivity contribution in [3.8, 4) is 5.75 Å². The molecule has 6 heteroatoms. The lowest BCUT2D eigenvalue weighted by Crippen LogP contribution is -2.17. The van der Waals surface area contributed by atoms with Crippen LogP contribution in [0.25, 0.3) is 0 Å². The summed E-state index contributed by atoms with van der Waals surface area (Å²) >= 11 is 0. The normalized spacial score (nSPS) is 11.5. The molecule has 4 nitrogen and oxygen atoms in total. The Labute approximate surface area is 105 Å².